The number of nitrogens with zero attached hydrogens (tertiary/aromatic N) is 1. The van der Waals surface area contributed by atoms with Crippen LogP contribution in [0.1, 0.15) is 16.7 Å². The molecule has 0 unspecified atom stereocenters. The van der Waals surface area contributed by atoms with Crippen molar-refractivity contribution >= 4 is 35.4 Å². The summed E-state index contributed by atoms with van der Waals surface area (Å²) in [6.07, 6.45) is 1.43. The molecule has 2 rings (SSSR count). The number of carboxylic acid groups (broad SMARTS) is 1. The highest BCUT2D eigenvalue weighted by Crippen LogP contribution is 2.24. The SMILES string of the molecule is Cc1ccc(NCC(=O)N/N=C\c2ccc(OCC(=O)O)c(Cl)c2)cc1C. The fourth-order valence-electron chi connectivity index (χ4n) is 2.11. The summed E-state index contributed by atoms with van der Waals surface area (Å²) in [6.45, 7) is 3.64. The van der Waals surface area contributed by atoms with Crippen molar-refractivity contribution < 1.29 is 19.4 Å². The minimum atomic E-state index is -1.09. The van der Waals surface area contributed by atoms with Crippen LogP contribution in [0.2, 0.25) is 5.02 Å². The number of carbonyl (C=O) groups is 2. The number of aryl methyl sites for hydroxylation is 2. The molecule has 0 aromatic heterocycles. The van der Waals surface area contributed by atoms with E-state index in [4.69, 9.17) is 21.4 Å². The fraction of sp³-hybridized carbons (Fsp3) is 0.211. The monoisotopic (exact) mass is 389 g/mol. The Kier molecular flexibility index (Phi) is 7.19. The van der Waals surface area contributed by atoms with Crippen molar-refractivity contribution in [3.8, 4) is 5.75 Å². The lowest BCUT2D eigenvalue weighted by atomic mass is 10.1. The topological polar surface area (TPSA) is 100 Å². The maximum absolute atomic E-state index is 11.8. The van der Waals surface area contributed by atoms with Crippen molar-refractivity contribution in [2.45, 2.75) is 13.8 Å². The summed E-state index contributed by atoms with van der Waals surface area (Å²) < 4.78 is 5.03. The first-order valence-corrected chi connectivity index (χ1v) is 8.50. The Hall–Kier alpha value is -3.06. The Bertz CT molecular complexity index is 868. The average molecular weight is 390 g/mol. The van der Waals surface area contributed by atoms with E-state index in [2.05, 4.69) is 15.8 Å². The number of anilines is 1. The van der Waals surface area contributed by atoms with Gasteiger partial charge in [-0.05, 0) is 60.9 Å². The normalized spacial score (nSPS) is 10.6. The van der Waals surface area contributed by atoms with Gasteiger partial charge in [0.1, 0.15) is 5.75 Å². The molecule has 3 N–H and O–H groups in total. The van der Waals surface area contributed by atoms with Crippen LogP contribution in [0.4, 0.5) is 5.69 Å². The number of amides is 1. The Balaban J connectivity index is 1.83. The van der Waals surface area contributed by atoms with E-state index >= 15 is 0 Å². The minimum Gasteiger partial charge on any atom is -0.480 e. The van der Waals surface area contributed by atoms with Crippen LogP contribution in [-0.4, -0.2) is 36.3 Å². The third-order valence-electron chi connectivity index (χ3n) is 3.67. The van der Waals surface area contributed by atoms with Gasteiger partial charge in [-0.1, -0.05) is 17.7 Å². The maximum atomic E-state index is 11.8. The average Bonchev–Trinajstić information content (AvgIpc) is 2.62. The molecule has 0 saturated carbocycles. The first-order chi connectivity index (χ1) is 12.8. The number of nitrogens with one attached hydrogen (secondary N) is 2. The first kappa shape index (κ1) is 20.3. The molecular formula is C19H20ClN3O4. The molecule has 0 saturated heterocycles. The van der Waals surface area contributed by atoms with Crippen molar-refractivity contribution in [3.63, 3.8) is 0 Å². The van der Waals surface area contributed by atoms with Gasteiger partial charge in [0.05, 0.1) is 17.8 Å². The standard InChI is InChI=1S/C19H20ClN3O4/c1-12-3-5-15(7-13(12)2)21-10-18(24)23-22-9-14-4-6-17(16(20)8-14)27-11-19(25)26/h3-9,21H,10-11H2,1-2H3,(H,23,24)(H,25,26)/b22-9-. The molecule has 0 radical (unpaired) electrons. The van der Waals surface area contributed by atoms with Crippen LogP contribution in [0.5, 0.6) is 5.75 Å². The van der Waals surface area contributed by atoms with Crippen molar-refractivity contribution in [2.75, 3.05) is 18.5 Å². The molecule has 0 aliphatic heterocycles. The number of hydrazone groups is 1. The quantitative estimate of drug-likeness (QED) is 0.476. The van der Waals surface area contributed by atoms with E-state index in [9.17, 15) is 9.59 Å². The lowest BCUT2D eigenvalue weighted by Crippen LogP contribution is -2.25. The van der Waals surface area contributed by atoms with Gasteiger partial charge in [-0.2, -0.15) is 5.10 Å². The van der Waals surface area contributed by atoms with E-state index < -0.39 is 12.6 Å². The molecule has 0 fully saturated rings. The Morgan fingerprint density at radius 1 is 1.19 bits per heavy atom. The van der Waals surface area contributed by atoms with Gasteiger partial charge in [-0.25, -0.2) is 10.2 Å². The van der Waals surface area contributed by atoms with E-state index in [1.54, 1.807) is 12.1 Å². The Labute approximate surface area is 162 Å². The summed E-state index contributed by atoms with van der Waals surface area (Å²) in [7, 11) is 0. The summed E-state index contributed by atoms with van der Waals surface area (Å²) in [5, 5.41) is 15.8. The second-order valence-corrected chi connectivity index (χ2v) is 6.23. The molecule has 0 heterocycles. The van der Waals surface area contributed by atoms with Crippen LogP contribution >= 0.6 is 11.6 Å². The lowest BCUT2D eigenvalue weighted by molar-refractivity contribution is -0.139. The van der Waals surface area contributed by atoms with Gasteiger partial charge in [-0.15, -0.1) is 0 Å². The molecular weight excluding hydrogens is 370 g/mol. The second-order valence-electron chi connectivity index (χ2n) is 5.82. The lowest BCUT2D eigenvalue weighted by Gasteiger charge is -2.08. The third-order valence-corrected chi connectivity index (χ3v) is 3.97. The van der Waals surface area contributed by atoms with Gasteiger partial charge >= 0.3 is 5.97 Å². The summed E-state index contributed by atoms with van der Waals surface area (Å²) >= 11 is 6.02. The van der Waals surface area contributed by atoms with Crippen molar-refractivity contribution in [1.29, 1.82) is 0 Å². The molecule has 0 atom stereocenters. The molecule has 7 nitrogen and oxygen atoms in total. The molecule has 0 bridgehead atoms. The van der Waals surface area contributed by atoms with Crippen LogP contribution in [-0.2, 0) is 9.59 Å². The number of aliphatic carboxylic acids is 1. The zero-order chi connectivity index (χ0) is 19.8. The predicted molar refractivity (Wildman–Crippen MR) is 105 cm³/mol. The van der Waals surface area contributed by atoms with E-state index in [1.165, 1.54) is 17.8 Å². The highest BCUT2D eigenvalue weighted by atomic mass is 35.5. The number of hydrogen-bond acceptors (Lipinski definition) is 5. The zero-order valence-corrected chi connectivity index (χ0v) is 15.7. The third kappa shape index (κ3) is 6.63. The highest BCUT2D eigenvalue weighted by Gasteiger charge is 2.05. The van der Waals surface area contributed by atoms with Crippen LogP contribution in [0, 0.1) is 13.8 Å². The van der Waals surface area contributed by atoms with Crippen LogP contribution in [0.15, 0.2) is 41.5 Å². The van der Waals surface area contributed by atoms with Gasteiger partial charge in [0.2, 0.25) is 0 Å². The number of rotatable bonds is 8. The number of hydrogen-bond donors (Lipinski definition) is 3. The minimum absolute atomic E-state index is 0.0859. The molecule has 0 aliphatic carbocycles. The van der Waals surface area contributed by atoms with E-state index in [1.807, 2.05) is 32.0 Å². The fourth-order valence-corrected chi connectivity index (χ4v) is 2.35. The molecule has 0 aliphatic rings. The molecule has 2 aromatic carbocycles. The van der Waals surface area contributed by atoms with Crippen molar-refractivity contribution in [1.82, 2.24) is 5.43 Å². The summed E-state index contributed by atoms with van der Waals surface area (Å²) in [5.74, 6) is -1.12. The largest absolute Gasteiger partial charge is 0.480 e. The molecule has 142 valence electrons. The van der Waals surface area contributed by atoms with Crippen LogP contribution < -0.4 is 15.5 Å². The molecule has 8 heteroatoms. The van der Waals surface area contributed by atoms with Gasteiger partial charge in [-0.3, -0.25) is 4.79 Å². The first-order valence-electron chi connectivity index (χ1n) is 8.12. The molecule has 2 aromatic rings. The van der Waals surface area contributed by atoms with Crippen molar-refractivity contribution in [2.24, 2.45) is 5.10 Å². The van der Waals surface area contributed by atoms with Gasteiger partial charge in [0.25, 0.3) is 5.91 Å². The second kappa shape index (κ2) is 9.59. The van der Waals surface area contributed by atoms with E-state index in [0.717, 1.165) is 11.3 Å². The number of carboxylic acids is 1. The summed E-state index contributed by atoms with van der Waals surface area (Å²) in [5.41, 5.74) is 6.24. The number of carbonyl (C=O) groups excluding carboxylic acids is 1. The Morgan fingerprint density at radius 3 is 2.63 bits per heavy atom. The van der Waals surface area contributed by atoms with Gasteiger partial charge in [0, 0.05) is 5.69 Å². The highest BCUT2D eigenvalue weighted by molar-refractivity contribution is 6.32. The maximum Gasteiger partial charge on any atom is 0.341 e. The smallest absolute Gasteiger partial charge is 0.341 e. The van der Waals surface area contributed by atoms with Gasteiger partial charge in [0.15, 0.2) is 6.61 Å². The zero-order valence-electron chi connectivity index (χ0n) is 15.0. The van der Waals surface area contributed by atoms with Crippen molar-refractivity contribution in [3.05, 3.63) is 58.1 Å². The van der Waals surface area contributed by atoms with Crippen LogP contribution in [0.3, 0.4) is 0 Å². The Morgan fingerprint density at radius 2 is 1.96 bits per heavy atom. The predicted octanol–water partition coefficient (Wildman–Crippen LogP) is 2.98. The molecule has 27 heavy (non-hydrogen) atoms. The van der Waals surface area contributed by atoms with Crippen LogP contribution in [0.25, 0.3) is 0 Å². The number of ether oxygens (including phenoxy) is 1. The number of benzene rings is 2. The molecule has 0 spiro atoms. The summed E-state index contributed by atoms with van der Waals surface area (Å²) in [4.78, 5) is 22.3. The summed E-state index contributed by atoms with van der Waals surface area (Å²) in [6, 6.07) is 10.6. The van der Waals surface area contributed by atoms with E-state index in [0.29, 0.717) is 5.56 Å². The van der Waals surface area contributed by atoms with Gasteiger partial charge < -0.3 is 15.2 Å². The number of halogens is 1. The van der Waals surface area contributed by atoms with E-state index in [-0.39, 0.29) is 23.2 Å². The molecule has 1 amide bonds.